The molecule has 2 nitrogen and oxygen atoms in total. The summed E-state index contributed by atoms with van der Waals surface area (Å²) in [5, 5.41) is 0. The van der Waals surface area contributed by atoms with Gasteiger partial charge in [-0.1, -0.05) is 22.4 Å². The zero-order chi connectivity index (χ0) is 12.5. The largest absolute Gasteiger partial charge is 0.371 e. The van der Waals surface area contributed by atoms with E-state index in [1.54, 1.807) is 0 Å². The third kappa shape index (κ3) is 2.43. The predicted molar refractivity (Wildman–Crippen MR) is 79.7 cm³/mol. The van der Waals surface area contributed by atoms with Crippen LogP contribution in [0, 0.1) is 11.8 Å². The normalized spacial score (nSPS) is 27.3. The molecule has 1 saturated heterocycles. The number of anilines is 1. The first-order valence-corrected chi connectivity index (χ1v) is 7.79. The van der Waals surface area contributed by atoms with Gasteiger partial charge < -0.3 is 10.6 Å². The fourth-order valence-corrected chi connectivity index (χ4v) is 4.06. The summed E-state index contributed by atoms with van der Waals surface area (Å²) in [5.41, 5.74) is 8.52. The molecule has 98 valence electrons. The molecule has 0 radical (unpaired) electrons. The number of hydrogen-bond acceptors (Lipinski definition) is 2. The molecule has 1 aliphatic carbocycles. The van der Waals surface area contributed by atoms with E-state index in [0.29, 0.717) is 6.54 Å². The fraction of sp³-hybridized carbons (Fsp3) is 0.600. The van der Waals surface area contributed by atoms with Gasteiger partial charge in [0.25, 0.3) is 0 Å². The zero-order valence-corrected chi connectivity index (χ0v) is 12.3. The lowest BCUT2D eigenvalue weighted by Gasteiger charge is -2.43. The van der Waals surface area contributed by atoms with Gasteiger partial charge in [0, 0.05) is 29.8 Å². The summed E-state index contributed by atoms with van der Waals surface area (Å²) < 4.78 is 1.13. The molecule has 1 aliphatic heterocycles. The second kappa shape index (κ2) is 5.22. The van der Waals surface area contributed by atoms with Gasteiger partial charge >= 0.3 is 0 Å². The van der Waals surface area contributed by atoms with Crippen LogP contribution in [-0.4, -0.2) is 13.1 Å². The molecule has 1 aromatic rings. The minimum absolute atomic E-state index is 0.626. The Hall–Kier alpha value is -0.540. The van der Waals surface area contributed by atoms with Gasteiger partial charge in [0.1, 0.15) is 0 Å². The third-order valence-electron chi connectivity index (χ3n) is 4.45. The second-order valence-electron chi connectivity index (χ2n) is 5.78. The highest BCUT2D eigenvalue weighted by atomic mass is 79.9. The van der Waals surface area contributed by atoms with Gasteiger partial charge in [0.15, 0.2) is 0 Å². The van der Waals surface area contributed by atoms with Crippen LogP contribution in [0.15, 0.2) is 22.7 Å². The average molecular weight is 309 g/mol. The molecule has 2 fully saturated rings. The molecule has 3 rings (SSSR count). The summed E-state index contributed by atoms with van der Waals surface area (Å²) in [6.07, 6.45) is 5.72. The summed E-state index contributed by atoms with van der Waals surface area (Å²) in [4.78, 5) is 2.58. The second-order valence-corrected chi connectivity index (χ2v) is 6.70. The van der Waals surface area contributed by atoms with E-state index in [-0.39, 0.29) is 0 Å². The maximum atomic E-state index is 5.89. The molecule has 2 unspecified atom stereocenters. The molecule has 1 aromatic carbocycles. The number of piperidine rings is 1. The Kier molecular flexibility index (Phi) is 3.62. The van der Waals surface area contributed by atoms with Crippen LogP contribution in [0.25, 0.3) is 0 Å². The minimum Gasteiger partial charge on any atom is -0.371 e. The van der Waals surface area contributed by atoms with Gasteiger partial charge in [-0.2, -0.15) is 0 Å². The number of rotatable bonds is 2. The van der Waals surface area contributed by atoms with Crippen molar-refractivity contribution in [3.63, 3.8) is 0 Å². The van der Waals surface area contributed by atoms with Crippen LogP contribution in [0.4, 0.5) is 5.69 Å². The van der Waals surface area contributed by atoms with Crippen molar-refractivity contribution in [3.8, 4) is 0 Å². The third-order valence-corrected chi connectivity index (χ3v) is 4.94. The number of benzene rings is 1. The number of nitrogens with two attached hydrogens (primary N) is 1. The van der Waals surface area contributed by atoms with E-state index in [2.05, 4.69) is 39.0 Å². The molecule has 1 heterocycles. The number of halogens is 1. The summed E-state index contributed by atoms with van der Waals surface area (Å²) in [6, 6.07) is 6.53. The van der Waals surface area contributed by atoms with Crippen LogP contribution in [0.5, 0.6) is 0 Å². The highest BCUT2D eigenvalue weighted by Gasteiger charge is 2.31. The van der Waals surface area contributed by atoms with Crippen molar-refractivity contribution >= 4 is 21.6 Å². The van der Waals surface area contributed by atoms with Crippen LogP contribution in [0.2, 0.25) is 0 Å². The van der Waals surface area contributed by atoms with E-state index in [1.807, 2.05) is 0 Å². The first-order chi connectivity index (χ1) is 8.76. The van der Waals surface area contributed by atoms with Crippen molar-refractivity contribution in [3.05, 3.63) is 28.2 Å². The fourth-order valence-electron chi connectivity index (χ4n) is 3.65. The lowest BCUT2D eigenvalue weighted by molar-refractivity contribution is 0.231. The Morgan fingerprint density at radius 3 is 2.61 bits per heavy atom. The Labute approximate surface area is 118 Å². The van der Waals surface area contributed by atoms with Crippen LogP contribution < -0.4 is 10.6 Å². The Bertz CT molecular complexity index is 421. The predicted octanol–water partition coefficient (Wildman–Crippen LogP) is 3.53. The maximum Gasteiger partial charge on any atom is 0.0412 e. The van der Waals surface area contributed by atoms with E-state index in [1.165, 1.54) is 50.0 Å². The van der Waals surface area contributed by atoms with Gasteiger partial charge in [-0.15, -0.1) is 0 Å². The topological polar surface area (TPSA) is 29.3 Å². The van der Waals surface area contributed by atoms with E-state index in [0.717, 1.165) is 16.3 Å². The van der Waals surface area contributed by atoms with E-state index in [4.69, 9.17) is 5.73 Å². The van der Waals surface area contributed by atoms with Gasteiger partial charge in [-0.25, -0.2) is 0 Å². The highest BCUT2D eigenvalue weighted by molar-refractivity contribution is 9.10. The Balaban J connectivity index is 1.86. The van der Waals surface area contributed by atoms with E-state index in [9.17, 15) is 0 Å². The molecule has 0 spiro atoms. The molecular formula is C15H21BrN2. The van der Waals surface area contributed by atoms with Crippen molar-refractivity contribution in [1.29, 1.82) is 0 Å². The summed E-state index contributed by atoms with van der Waals surface area (Å²) in [7, 11) is 0. The molecule has 2 N–H and O–H groups in total. The van der Waals surface area contributed by atoms with E-state index < -0.39 is 0 Å². The van der Waals surface area contributed by atoms with Crippen LogP contribution in [-0.2, 0) is 6.54 Å². The van der Waals surface area contributed by atoms with Gasteiger partial charge in [0.2, 0.25) is 0 Å². The van der Waals surface area contributed by atoms with Gasteiger partial charge in [-0.05, 0) is 54.9 Å². The maximum absolute atomic E-state index is 5.89. The van der Waals surface area contributed by atoms with Crippen LogP contribution in [0.1, 0.15) is 31.2 Å². The quantitative estimate of drug-likeness (QED) is 0.905. The number of fused-ring (bicyclic) bond motifs is 2. The summed E-state index contributed by atoms with van der Waals surface area (Å²) in [5.74, 6) is 1.82. The van der Waals surface area contributed by atoms with Gasteiger partial charge in [0.05, 0.1) is 0 Å². The summed E-state index contributed by atoms with van der Waals surface area (Å²) in [6.45, 7) is 3.08. The smallest absolute Gasteiger partial charge is 0.0412 e. The highest BCUT2D eigenvalue weighted by Crippen LogP contribution is 2.37. The molecule has 2 aliphatic rings. The first kappa shape index (κ1) is 12.5. The summed E-state index contributed by atoms with van der Waals surface area (Å²) >= 11 is 3.54. The molecule has 1 saturated carbocycles. The molecule has 2 atom stereocenters. The number of nitrogens with zero attached hydrogens (tertiary/aromatic N) is 1. The van der Waals surface area contributed by atoms with Crippen molar-refractivity contribution in [2.75, 3.05) is 18.0 Å². The van der Waals surface area contributed by atoms with E-state index >= 15 is 0 Å². The lowest BCUT2D eigenvalue weighted by atomic mass is 9.77. The SMILES string of the molecule is NCc1cc(Br)ccc1N1CC2CCCC(C2)C1. The molecule has 2 bridgehead atoms. The molecule has 0 amide bonds. The van der Waals surface area contributed by atoms with Crippen LogP contribution in [0.3, 0.4) is 0 Å². The number of hydrogen-bond donors (Lipinski definition) is 1. The Morgan fingerprint density at radius 2 is 1.94 bits per heavy atom. The first-order valence-electron chi connectivity index (χ1n) is 6.99. The van der Waals surface area contributed by atoms with Crippen molar-refractivity contribution < 1.29 is 0 Å². The Morgan fingerprint density at radius 1 is 1.22 bits per heavy atom. The molecule has 18 heavy (non-hydrogen) atoms. The lowest BCUT2D eigenvalue weighted by Crippen LogP contribution is -2.43. The van der Waals surface area contributed by atoms with Gasteiger partial charge in [-0.3, -0.25) is 0 Å². The average Bonchev–Trinajstić information content (AvgIpc) is 2.38. The molecular weight excluding hydrogens is 288 g/mol. The molecule has 0 aromatic heterocycles. The minimum atomic E-state index is 0.626. The van der Waals surface area contributed by atoms with Crippen molar-refractivity contribution in [2.24, 2.45) is 17.6 Å². The van der Waals surface area contributed by atoms with Crippen molar-refractivity contribution in [2.45, 2.75) is 32.2 Å². The standard InChI is InChI=1S/C15H21BrN2/c16-14-4-5-15(13(7-14)8-17)18-9-11-2-1-3-12(6-11)10-18/h4-5,7,11-12H,1-3,6,8-10,17H2. The van der Waals surface area contributed by atoms with Crippen LogP contribution >= 0.6 is 15.9 Å². The monoisotopic (exact) mass is 308 g/mol. The zero-order valence-electron chi connectivity index (χ0n) is 10.7. The van der Waals surface area contributed by atoms with Crippen molar-refractivity contribution in [1.82, 2.24) is 0 Å². The molecule has 3 heteroatoms.